The summed E-state index contributed by atoms with van der Waals surface area (Å²) in [5, 5.41) is 4.11. The highest BCUT2D eigenvalue weighted by molar-refractivity contribution is 7.08. The first kappa shape index (κ1) is 14.3. The lowest BCUT2D eigenvalue weighted by molar-refractivity contribution is 0.140. The zero-order chi connectivity index (χ0) is 15.4. The number of rotatable bonds is 3. The monoisotopic (exact) mass is 311 g/mol. The molecule has 110 valence electrons. The first-order valence-corrected chi connectivity index (χ1v) is 7.64. The van der Waals surface area contributed by atoms with E-state index < -0.39 is 11.7 Å². The van der Waals surface area contributed by atoms with Gasteiger partial charge in [0.2, 0.25) is 0 Å². The molecule has 0 saturated carbocycles. The van der Waals surface area contributed by atoms with Crippen molar-refractivity contribution in [2.24, 2.45) is 0 Å². The molecular weight excluding hydrogens is 298 g/mol. The third kappa shape index (κ3) is 3.15. The normalized spacial score (nSPS) is 10.4. The van der Waals surface area contributed by atoms with Gasteiger partial charge in [-0.05, 0) is 39.6 Å². The number of thiophene rings is 1. The van der Waals surface area contributed by atoms with Crippen molar-refractivity contribution in [3.63, 3.8) is 0 Å². The van der Waals surface area contributed by atoms with Crippen LogP contribution in [0, 0.1) is 0 Å². The second-order valence-electron chi connectivity index (χ2n) is 4.67. The summed E-state index contributed by atoms with van der Waals surface area (Å²) < 4.78 is 6.10. The summed E-state index contributed by atoms with van der Waals surface area (Å²) in [6, 6.07) is 14.4. The van der Waals surface area contributed by atoms with E-state index in [0.717, 1.165) is 15.7 Å². The average molecular weight is 311 g/mol. The Labute approximate surface area is 131 Å². The number of hydrogen-bond donors (Lipinski definition) is 0. The van der Waals surface area contributed by atoms with Gasteiger partial charge in [-0.25, -0.2) is 9.36 Å². The number of benzene rings is 1. The molecule has 4 nitrogen and oxygen atoms in total. The molecule has 5 heteroatoms. The zero-order valence-corrected chi connectivity index (χ0v) is 12.5. The molecule has 2 aromatic heterocycles. The van der Waals surface area contributed by atoms with Crippen molar-refractivity contribution in [3.05, 3.63) is 81.4 Å². The van der Waals surface area contributed by atoms with E-state index in [1.54, 1.807) is 23.5 Å². The van der Waals surface area contributed by atoms with Gasteiger partial charge in [-0.1, -0.05) is 30.3 Å². The molecule has 0 unspecified atom stereocenters. The van der Waals surface area contributed by atoms with Gasteiger partial charge >= 0.3 is 6.09 Å². The van der Waals surface area contributed by atoms with E-state index in [1.807, 2.05) is 29.6 Å². The van der Waals surface area contributed by atoms with Gasteiger partial charge in [0.1, 0.15) is 6.61 Å². The Kier molecular flexibility index (Phi) is 4.16. The molecule has 0 fully saturated rings. The predicted octanol–water partition coefficient (Wildman–Crippen LogP) is 3.76. The fourth-order valence-electron chi connectivity index (χ4n) is 2.01. The molecule has 0 aliphatic heterocycles. The minimum Gasteiger partial charge on any atom is -0.444 e. The van der Waals surface area contributed by atoms with E-state index in [-0.39, 0.29) is 6.61 Å². The molecule has 0 spiro atoms. The Balaban J connectivity index is 1.66. The lowest BCUT2D eigenvalue weighted by Gasteiger charge is -2.07. The van der Waals surface area contributed by atoms with Gasteiger partial charge in [0.15, 0.2) is 0 Å². The van der Waals surface area contributed by atoms with Gasteiger partial charge in [-0.15, -0.1) is 0 Å². The second kappa shape index (κ2) is 6.41. The van der Waals surface area contributed by atoms with Crippen molar-refractivity contribution in [2.75, 3.05) is 0 Å². The summed E-state index contributed by atoms with van der Waals surface area (Å²) >= 11 is 1.65. The first-order chi connectivity index (χ1) is 10.7. The molecule has 22 heavy (non-hydrogen) atoms. The van der Waals surface area contributed by atoms with E-state index in [4.69, 9.17) is 4.74 Å². The highest BCUT2D eigenvalue weighted by atomic mass is 32.1. The van der Waals surface area contributed by atoms with Crippen molar-refractivity contribution in [2.45, 2.75) is 6.61 Å². The van der Waals surface area contributed by atoms with Gasteiger partial charge in [0.05, 0.1) is 0 Å². The fraction of sp³-hybridized carbons (Fsp3) is 0.0588. The average Bonchev–Trinajstić information content (AvgIpc) is 3.08. The number of aromatic nitrogens is 1. The van der Waals surface area contributed by atoms with Crippen LogP contribution < -0.4 is 5.56 Å². The predicted molar refractivity (Wildman–Crippen MR) is 86.0 cm³/mol. The Hall–Kier alpha value is -2.66. The molecule has 0 atom stereocenters. The van der Waals surface area contributed by atoms with Gasteiger partial charge in [-0.2, -0.15) is 11.3 Å². The molecule has 3 rings (SSSR count). The summed E-state index contributed by atoms with van der Waals surface area (Å²) in [6.07, 6.45) is 0.720. The van der Waals surface area contributed by atoms with Crippen LogP contribution in [0.2, 0.25) is 0 Å². The van der Waals surface area contributed by atoms with Crippen LogP contribution in [0.3, 0.4) is 0 Å². The van der Waals surface area contributed by atoms with Gasteiger partial charge in [0, 0.05) is 12.3 Å². The smallest absolute Gasteiger partial charge is 0.421 e. The van der Waals surface area contributed by atoms with E-state index in [2.05, 4.69) is 11.4 Å². The van der Waals surface area contributed by atoms with Crippen LogP contribution in [-0.2, 0) is 11.3 Å². The Morgan fingerprint density at radius 2 is 1.86 bits per heavy atom. The molecule has 0 bridgehead atoms. The summed E-state index contributed by atoms with van der Waals surface area (Å²) in [5.41, 5.74) is 2.76. The van der Waals surface area contributed by atoms with Crippen LogP contribution >= 0.6 is 11.3 Å². The van der Waals surface area contributed by atoms with Gasteiger partial charge < -0.3 is 4.74 Å². The van der Waals surface area contributed by atoms with E-state index in [0.29, 0.717) is 0 Å². The summed E-state index contributed by atoms with van der Waals surface area (Å²) in [4.78, 5) is 23.3. The molecule has 0 N–H and O–H groups in total. The Morgan fingerprint density at radius 3 is 2.55 bits per heavy atom. The lowest BCUT2D eigenvalue weighted by Crippen LogP contribution is -2.26. The number of carbonyl (C=O) groups is 1. The largest absolute Gasteiger partial charge is 0.444 e. The quantitative estimate of drug-likeness (QED) is 0.740. The summed E-state index contributed by atoms with van der Waals surface area (Å²) in [5.74, 6) is 0. The van der Waals surface area contributed by atoms with Crippen molar-refractivity contribution in [1.29, 1.82) is 0 Å². The van der Waals surface area contributed by atoms with Crippen molar-refractivity contribution < 1.29 is 9.53 Å². The first-order valence-electron chi connectivity index (χ1n) is 6.70. The molecule has 0 amide bonds. The lowest BCUT2D eigenvalue weighted by atomic mass is 10.1. The number of ether oxygens (including phenoxy) is 1. The highest BCUT2D eigenvalue weighted by Crippen LogP contribution is 2.22. The molecule has 0 radical (unpaired) electrons. The maximum absolute atomic E-state index is 11.8. The standard InChI is InChI=1S/C17H13NO3S/c19-16-3-1-2-9-18(16)17(20)21-11-13-4-6-14(7-5-13)15-8-10-22-12-15/h1-10,12H,11H2. The number of hydrogen-bond acceptors (Lipinski definition) is 4. The summed E-state index contributed by atoms with van der Waals surface area (Å²) in [6.45, 7) is 0.129. The molecule has 1 aromatic carbocycles. The Morgan fingerprint density at radius 1 is 1.05 bits per heavy atom. The topological polar surface area (TPSA) is 48.3 Å². The van der Waals surface area contributed by atoms with Crippen molar-refractivity contribution in [1.82, 2.24) is 4.57 Å². The molecule has 3 aromatic rings. The summed E-state index contributed by atoms with van der Waals surface area (Å²) in [7, 11) is 0. The maximum Gasteiger partial charge on any atom is 0.421 e. The van der Waals surface area contributed by atoms with Crippen LogP contribution in [0.5, 0.6) is 0 Å². The molecule has 0 aliphatic rings. The number of nitrogens with zero attached hydrogens (tertiary/aromatic N) is 1. The van der Waals surface area contributed by atoms with Crippen molar-refractivity contribution >= 4 is 17.4 Å². The SMILES string of the molecule is O=C(OCc1ccc(-c2ccsc2)cc1)n1ccccc1=O. The number of carbonyl (C=O) groups excluding carboxylic acids is 1. The molecular formula is C17H13NO3S. The van der Waals surface area contributed by atoms with E-state index in [1.165, 1.54) is 17.8 Å². The minimum atomic E-state index is -0.674. The number of pyridine rings is 1. The van der Waals surface area contributed by atoms with Crippen LogP contribution in [-0.4, -0.2) is 10.7 Å². The van der Waals surface area contributed by atoms with Gasteiger partial charge in [-0.3, -0.25) is 4.79 Å². The molecule has 0 aliphatic carbocycles. The zero-order valence-electron chi connectivity index (χ0n) is 11.6. The third-order valence-electron chi connectivity index (χ3n) is 3.19. The van der Waals surface area contributed by atoms with Crippen LogP contribution in [0.25, 0.3) is 11.1 Å². The van der Waals surface area contributed by atoms with Crippen molar-refractivity contribution in [3.8, 4) is 11.1 Å². The van der Waals surface area contributed by atoms with E-state index in [9.17, 15) is 9.59 Å². The molecule has 2 heterocycles. The van der Waals surface area contributed by atoms with Crippen LogP contribution in [0.4, 0.5) is 4.79 Å². The van der Waals surface area contributed by atoms with Gasteiger partial charge in [0.25, 0.3) is 5.56 Å². The Bertz CT molecular complexity index is 820. The maximum atomic E-state index is 11.8. The van der Waals surface area contributed by atoms with Crippen LogP contribution in [0.1, 0.15) is 5.56 Å². The second-order valence-corrected chi connectivity index (χ2v) is 5.45. The minimum absolute atomic E-state index is 0.129. The van der Waals surface area contributed by atoms with E-state index >= 15 is 0 Å². The fourth-order valence-corrected chi connectivity index (χ4v) is 2.68. The molecule has 0 saturated heterocycles. The third-order valence-corrected chi connectivity index (χ3v) is 3.87. The van der Waals surface area contributed by atoms with Crippen LogP contribution in [0.15, 0.2) is 70.3 Å². The highest BCUT2D eigenvalue weighted by Gasteiger charge is 2.07.